The van der Waals surface area contributed by atoms with E-state index in [1.165, 1.54) is 11.0 Å². The Hall–Kier alpha value is -2.43. The van der Waals surface area contributed by atoms with Crippen molar-refractivity contribution in [2.45, 2.75) is 84.3 Å². The summed E-state index contributed by atoms with van der Waals surface area (Å²) in [6.07, 6.45) is 3.78. The summed E-state index contributed by atoms with van der Waals surface area (Å²) in [4.78, 5) is 41.6. The number of likely N-dealkylation sites (tertiary alicyclic amines) is 1. The molecule has 10 heteroatoms. The Labute approximate surface area is 221 Å². The van der Waals surface area contributed by atoms with Crippen molar-refractivity contribution >= 4 is 27.0 Å². The van der Waals surface area contributed by atoms with E-state index in [0.717, 1.165) is 5.57 Å². The topological polar surface area (TPSA) is 106 Å². The van der Waals surface area contributed by atoms with Crippen molar-refractivity contribution in [3.05, 3.63) is 35.6 Å². The molecule has 0 spiro atoms. The molecule has 0 aliphatic carbocycles. The molecule has 0 aromatic rings. The fraction of sp³-hybridized carbons (Fsp3) is 0.667. The molecule has 2 fully saturated rings. The first-order chi connectivity index (χ1) is 17.2. The monoisotopic (exact) mass is 534 g/mol. The fourth-order valence-electron chi connectivity index (χ4n) is 5.84. The smallest absolute Gasteiger partial charge is 0.410 e. The highest BCUT2D eigenvalue weighted by atomic mass is 28.3. The molecular weight excluding hydrogens is 492 g/mol. The average Bonchev–Trinajstić information content (AvgIpc) is 3.35. The number of β-lactam (4-membered cyclic amide) rings is 1. The van der Waals surface area contributed by atoms with Crippen molar-refractivity contribution in [2.75, 3.05) is 20.3 Å². The van der Waals surface area contributed by atoms with E-state index in [0.29, 0.717) is 25.0 Å². The number of carboxylic acid groups (broad SMARTS) is 1. The normalized spacial score (nSPS) is 27.8. The van der Waals surface area contributed by atoms with Crippen LogP contribution >= 0.6 is 0 Å². The Morgan fingerprint density at radius 2 is 1.89 bits per heavy atom. The van der Waals surface area contributed by atoms with Crippen LogP contribution in [0.4, 0.5) is 4.79 Å². The van der Waals surface area contributed by atoms with E-state index in [9.17, 15) is 19.5 Å². The van der Waals surface area contributed by atoms with Gasteiger partial charge in [-0.05, 0) is 56.3 Å². The summed E-state index contributed by atoms with van der Waals surface area (Å²) in [7, 11) is 0.0976. The third kappa shape index (κ3) is 5.28. The largest absolute Gasteiger partial charge is 0.477 e. The van der Waals surface area contributed by atoms with Gasteiger partial charge in [-0.15, -0.1) is 0 Å². The standard InChI is InChI=1S/C27H42N2O7Si/c1-10-11-35-25(33)28-15-18(34-7)13-17(28)12-16(2)19-14-20-21(23(30)29(20)22(19)24(31)32)27(6,26(3,4)5)36-37(8)9/h10,12,17-18,20-21,37H,1,11,13-15H2,2-9H3,(H,31,32)/b16-12+/t17-,18-,20-,21-,27-/m1/s1. The highest BCUT2D eigenvalue weighted by Gasteiger charge is 2.64. The number of carbonyl (C=O) groups is 3. The maximum atomic E-state index is 13.5. The zero-order valence-corrected chi connectivity index (χ0v) is 24.5. The van der Waals surface area contributed by atoms with Crippen LogP contribution in [0.3, 0.4) is 0 Å². The lowest BCUT2D eigenvalue weighted by Gasteiger charge is -2.57. The van der Waals surface area contributed by atoms with E-state index < -0.39 is 32.6 Å². The number of amides is 2. The van der Waals surface area contributed by atoms with Crippen LogP contribution in [0, 0.1) is 11.3 Å². The zero-order valence-electron chi connectivity index (χ0n) is 23.4. The van der Waals surface area contributed by atoms with Gasteiger partial charge in [-0.1, -0.05) is 39.5 Å². The SMILES string of the molecule is C=CCOC(=O)N1C[C@H](OC)C[C@H]1/C=C(\C)C1=C(C(=O)O)N2C(=O)[C@H]([C@@](C)(O[SiH](C)C)C(C)(C)C)[C@H]2C1. The lowest BCUT2D eigenvalue weighted by molar-refractivity contribution is -0.180. The van der Waals surface area contributed by atoms with Crippen LogP contribution in [0.25, 0.3) is 0 Å². The first-order valence-corrected chi connectivity index (χ1v) is 15.7. The van der Waals surface area contributed by atoms with Gasteiger partial charge in [-0.3, -0.25) is 9.69 Å². The van der Waals surface area contributed by atoms with E-state index in [1.54, 1.807) is 12.0 Å². The van der Waals surface area contributed by atoms with Crippen LogP contribution in [0.1, 0.15) is 47.5 Å². The van der Waals surface area contributed by atoms with Gasteiger partial charge in [0.2, 0.25) is 5.91 Å². The summed E-state index contributed by atoms with van der Waals surface area (Å²) in [5, 5.41) is 10.1. The molecule has 206 valence electrons. The number of carbonyl (C=O) groups excluding carboxylic acids is 2. The summed E-state index contributed by atoms with van der Waals surface area (Å²) in [6, 6.07) is -0.599. The Kier molecular flexibility index (Phi) is 8.46. The Balaban J connectivity index is 1.94. The van der Waals surface area contributed by atoms with Crippen molar-refractivity contribution in [1.82, 2.24) is 9.80 Å². The molecule has 0 unspecified atom stereocenters. The number of fused-ring (bicyclic) bond motifs is 1. The highest BCUT2D eigenvalue weighted by Crippen LogP contribution is 2.54. The quantitative estimate of drug-likeness (QED) is 0.273. The van der Waals surface area contributed by atoms with Crippen molar-refractivity contribution in [3.8, 4) is 0 Å². The first kappa shape index (κ1) is 29.1. The first-order valence-electron chi connectivity index (χ1n) is 12.9. The van der Waals surface area contributed by atoms with Crippen LogP contribution < -0.4 is 0 Å². The summed E-state index contributed by atoms with van der Waals surface area (Å²) in [6.45, 7) is 18.3. The minimum absolute atomic E-state index is 0.0279. The summed E-state index contributed by atoms with van der Waals surface area (Å²) in [5.74, 6) is -1.76. The molecule has 0 aromatic heterocycles. The van der Waals surface area contributed by atoms with Crippen molar-refractivity contribution in [2.24, 2.45) is 11.3 Å². The van der Waals surface area contributed by atoms with Gasteiger partial charge in [-0.25, -0.2) is 9.59 Å². The predicted octanol–water partition coefficient (Wildman–Crippen LogP) is 3.72. The van der Waals surface area contributed by atoms with Crippen molar-refractivity contribution < 1.29 is 33.4 Å². The van der Waals surface area contributed by atoms with Gasteiger partial charge in [0, 0.05) is 7.11 Å². The van der Waals surface area contributed by atoms with Crippen LogP contribution in [0.15, 0.2) is 35.6 Å². The molecule has 2 saturated heterocycles. The van der Waals surface area contributed by atoms with Gasteiger partial charge in [0.1, 0.15) is 12.3 Å². The minimum Gasteiger partial charge on any atom is -0.477 e. The lowest BCUT2D eigenvalue weighted by atomic mass is 9.63. The predicted molar refractivity (Wildman–Crippen MR) is 142 cm³/mol. The molecular formula is C27H42N2O7Si. The summed E-state index contributed by atoms with van der Waals surface area (Å²) >= 11 is 0. The third-order valence-electron chi connectivity index (χ3n) is 8.04. The Morgan fingerprint density at radius 1 is 1.24 bits per heavy atom. The highest BCUT2D eigenvalue weighted by molar-refractivity contribution is 6.48. The van der Waals surface area contributed by atoms with Crippen molar-refractivity contribution in [1.29, 1.82) is 0 Å². The number of aliphatic carboxylic acids is 1. The van der Waals surface area contributed by atoms with Crippen LogP contribution in [0.2, 0.25) is 13.1 Å². The fourth-order valence-corrected chi connectivity index (χ4v) is 7.32. The second kappa shape index (κ2) is 10.7. The molecule has 2 amide bonds. The number of methoxy groups -OCH3 is 1. The summed E-state index contributed by atoms with van der Waals surface area (Å²) in [5.41, 5.74) is 0.342. The molecule has 0 radical (unpaired) electrons. The van der Waals surface area contributed by atoms with Gasteiger partial charge < -0.3 is 23.9 Å². The van der Waals surface area contributed by atoms with E-state index in [-0.39, 0.29) is 41.8 Å². The van der Waals surface area contributed by atoms with E-state index in [1.807, 2.05) is 19.9 Å². The van der Waals surface area contributed by atoms with E-state index in [2.05, 4.69) is 40.4 Å². The Bertz CT molecular complexity index is 1010. The molecule has 3 rings (SSSR count). The van der Waals surface area contributed by atoms with Gasteiger partial charge in [0.15, 0.2) is 9.04 Å². The van der Waals surface area contributed by atoms with Gasteiger partial charge in [-0.2, -0.15) is 0 Å². The molecule has 0 saturated carbocycles. The van der Waals surface area contributed by atoms with Gasteiger partial charge >= 0.3 is 12.1 Å². The molecule has 1 N–H and O–H groups in total. The number of allylic oxidation sites excluding steroid dienone is 1. The third-order valence-corrected chi connectivity index (χ3v) is 9.00. The molecule has 37 heavy (non-hydrogen) atoms. The number of ether oxygens (including phenoxy) is 2. The molecule has 3 heterocycles. The lowest BCUT2D eigenvalue weighted by Crippen LogP contribution is -2.70. The maximum Gasteiger partial charge on any atom is 0.410 e. The second-order valence-corrected chi connectivity index (χ2v) is 14.0. The van der Waals surface area contributed by atoms with Gasteiger partial charge in [0.25, 0.3) is 0 Å². The summed E-state index contributed by atoms with van der Waals surface area (Å²) < 4.78 is 17.3. The molecule has 9 nitrogen and oxygen atoms in total. The van der Waals surface area contributed by atoms with Crippen LogP contribution in [-0.2, 0) is 23.5 Å². The van der Waals surface area contributed by atoms with Crippen molar-refractivity contribution in [3.63, 3.8) is 0 Å². The molecule has 0 aromatic carbocycles. The molecule has 5 atom stereocenters. The zero-order chi connectivity index (χ0) is 27.9. The average molecular weight is 535 g/mol. The number of hydrogen-bond donors (Lipinski definition) is 1. The number of carboxylic acids is 1. The molecule has 3 aliphatic heterocycles. The number of rotatable bonds is 9. The maximum absolute atomic E-state index is 13.5. The number of hydrogen-bond acceptors (Lipinski definition) is 6. The van der Waals surface area contributed by atoms with Crippen LogP contribution in [-0.4, -0.2) is 86.0 Å². The second-order valence-electron chi connectivity index (χ2n) is 11.6. The number of nitrogens with zero attached hydrogens (tertiary/aromatic N) is 2. The van der Waals surface area contributed by atoms with Gasteiger partial charge in [0.05, 0.1) is 36.3 Å². The molecule has 3 aliphatic rings. The van der Waals surface area contributed by atoms with Crippen LogP contribution in [0.5, 0.6) is 0 Å². The molecule has 0 bridgehead atoms. The van der Waals surface area contributed by atoms with E-state index >= 15 is 0 Å². The minimum atomic E-state index is -1.50. The van der Waals surface area contributed by atoms with E-state index in [4.69, 9.17) is 13.9 Å². The Morgan fingerprint density at radius 3 is 2.41 bits per heavy atom.